The molecular weight excluding hydrogens is 325 g/mol. The summed E-state index contributed by atoms with van der Waals surface area (Å²) in [6.07, 6.45) is 0.145. The second-order valence-corrected chi connectivity index (χ2v) is 8.04. The van der Waals surface area contributed by atoms with E-state index in [9.17, 15) is 22.4 Å². The quantitative estimate of drug-likeness (QED) is 0.814. The first-order chi connectivity index (χ1) is 10.7. The Morgan fingerprint density at radius 1 is 1.35 bits per heavy atom. The summed E-state index contributed by atoms with van der Waals surface area (Å²) >= 11 is 0. The summed E-state index contributed by atoms with van der Waals surface area (Å²) in [5.41, 5.74) is 0. The largest absolute Gasteiger partial charge is 0.481 e. The van der Waals surface area contributed by atoms with E-state index in [1.54, 1.807) is 0 Å². The predicted molar refractivity (Wildman–Crippen MR) is 80.0 cm³/mol. The van der Waals surface area contributed by atoms with Crippen molar-refractivity contribution >= 4 is 21.7 Å². The van der Waals surface area contributed by atoms with E-state index in [4.69, 9.17) is 5.11 Å². The zero-order chi connectivity index (χ0) is 17.2. The Bertz CT molecular complexity index is 701. The average molecular weight is 343 g/mol. The molecule has 1 fully saturated rings. The van der Waals surface area contributed by atoms with Crippen LogP contribution in [0.5, 0.6) is 0 Å². The summed E-state index contributed by atoms with van der Waals surface area (Å²) < 4.78 is 37.6. The van der Waals surface area contributed by atoms with Gasteiger partial charge in [-0.2, -0.15) is 0 Å². The number of carbonyl (C=O) groups excluding carboxylic acids is 1. The molecule has 1 aliphatic rings. The normalized spacial score (nSPS) is 19.6. The van der Waals surface area contributed by atoms with Crippen LogP contribution in [0.25, 0.3) is 0 Å². The lowest BCUT2D eigenvalue weighted by Crippen LogP contribution is -2.33. The molecule has 1 aromatic rings. The third kappa shape index (κ3) is 3.87. The van der Waals surface area contributed by atoms with Crippen molar-refractivity contribution < 1.29 is 27.5 Å². The number of sulfone groups is 1. The van der Waals surface area contributed by atoms with Crippen molar-refractivity contribution in [2.45, 2.75) is 29.9 Å². The molecule has 1 heterocycles. The monoisotopic (exact) mass is 343 g/mol. The summed E-state index contributed by atoms with van der Waals surface area (Å²) in [5.74, 6) is -2.47. The number of carboxylic acid groups (broad SMARTS) is 1. The highest BCUT2D eigenvalue weighted by molar-refractivity contribution is 7.92. The molecule has 0 saturated carbocycles. The number of nitrogens with zero attached hydrogens (tertiary/aromatic N) is 1. The second kappa shape index (κ2) is 6.66. The van der Waals surface area contributed by atoms with Crippen LogP contribution in [0.1, 0.15) is 19.8 Å². The van der Waals surface area contributed by atoms with Crippen LogP contribution in [0.15, 0.2) is 29.2 Å². The Morgan fingerprint density at radius 2 is 1.96 bits per heavy atom. The maximum absolute atomic E-state index is 12.9. The van der Waals surface area contributed by atoms with Gasteiger partial charge in [-0.1, -0.05) is 0 Å². The maximum Gasteiger partial charge on any atom is 0.308 e. The highest BCUT2D eigenvalue weighted by Gasteiger charge is 2.33. The van der Waals surface area contributed by atoms with Crippen LogP contribution in [-0.2, 0) is 19.4 Å². The fourth-order valence-corrected chi connectivity index (χ4v) is 3.87. The SMILES string of the molecule is C[C@H](CC(=O)N1CC[C@@H](C(=O)O)C1)S(=O)(=O)c1ccc(F)cc1. The zero-order valence-electron chi connectivity index (χ0n) is 12.6. The number of halogens is 1. The van der Waals surface area contributed by atoms with Gasteiger partial charge in [0, 0.05) is 19.5 Å². The molecule has 1 amide bonds. The van der Waals surface area contributed by atoms with E-state index in [2.05, 4.69) is 0 Å². The van der Waals surface area contributed by atoms with Gasteiger partial charge in [0.15, 0.2) is 9.84 Å². The Morgan fingerprint density at radius 3 is 2.48 bits per heavy atom. The molecule has 0 aliphatic carbocycles. The van der Waals surface area contributed by atoms with Crippen LogP contribution in [0, 0.1) is 11.7 Å². The molecule has 23 heavy (non-hydrogen) atoms. The average Bonchev–Trinajstić information content (AvgIpc) is 2.97. The van der Waals surface area contributed by atoms with Gasteiger partial charge in [-0.25, -0.2) is 12.8 Å². The third-order valence-corrected chi connectivity index (χ3v) is 6.18. The summed E-state index contributed by atoms with van der Waals surface area (Å²) in [6.45, 7) is 1.85. The minimum atomic E-state index is -3.74. The number of hydrogen-bond acceptors (Lipinski definition) is 4. The first-order valence-electron chi connectivity index (χ1n) is 7.22. The van der Waals surface area contributed by atoms with Crippen LogP contribution in [0.4, 0.5) is 4.39 Å². The summed E-state index contributed by atoms with van der Waals surface area (Å²) in [7, 11) is -3.74. The number of benzene rings is 1. The molecule has 8 heteroatoms. The molecule has 0 bridgehead atoms. The van der Waals surface area contributed by atoms with Gasteiger partial charge < -0.3 is 10.0 Å². The van der Waals surface area contributed by atoms with Crippen molar-refractivity contribution in [3.63, 3.8) is 0 Å². The molecule has 126 valence electrons. The van der Waals surface area contributed by atoms with E-state index in [-0.39, 0.29) is 23.8 Å². The Balaban J connectivity index is 2.03. The highest BCUT2D eigenvalue weighted by Crippen LogP contribution is 2.22. The van der Waals surface area contributed by atoms with Crippen molar-refractivity contribution in [1.82, 2.24) is 4.90 Å². The fraction of sp³-hybridized carbons (Fsp3) is 0.467. The van der Waals surface area contributed by atoms with Crippen LogP contribution in [0.2, 0.25) is 0 Å². The summed E-state index contributed by atoms with van der Waals surface area (Å²) in [4.78, 5) is 24.4. The minimum Gasteiger partial charge on any atom is -0.481 e. The lowest BCUT2D eigenvalue weighted by atomic mass is 10.1. The molecule has 0 unspecified atom stereocenters. The van der Waals surface area contributed by atoms with Crippen molar-refractivity contribution in [1.29, 1.82) is 0 Å². The zero-order valence-corrected chi connectivity index (χ0v) is 13.4. The van der Waals surface area contributed by atoms with Crippen molar-refractivity contribution in [3.05, 3.63) is 30.1 Å². The highest BCUT2D eigenvalue weighted by atomic mass is 32.2. The number of rotatable bonds is 5. The number of aliphatic carboxylic acids is 1. The van der Waals surface area contributed by atoms with Crippen LogP contribution in [0.3, 0.4) is 0 Å². The molecule has 1 aromatic carbocycles. The molecule has 2 rings (SSSR count). The Labute approximate surface area is 133 Å². The maximum atomic E-state index is 12.9. The molecule has 2 atom stereocenters. The molecule has 1 saturated heterocycles. The number of carbonyl (C=O) groups is 2. The molecule has 6 nitrogen and oxygen atoms in total. The Kier molecular flexibility index (Phi) is 5.03. The minimum absolute atomic E-state index is 0.0379. The van der Waals surface area contributed by atoms with E-state index in [0.717, 1.165) is 12.1 Å². The third-order valence-electron chi connectivity index (χ3n) is 4.02. The second-order valence-electron chi connectivity index (χ2n) is 5.68. The summed E-state index contributed by atoms with van der Waals surface area (Å²) in [6, 6.07) is 4.45. The van der Waals surface area contributed by atoms with Crippen molar-refractivity contribution in [2.75, 3.05) is 13.1 Å². The van der Waals surface area contributed by atoms with E-state index in [1.165, 1.54) is 24.0 Å². The van der Waals surface area contributed by atoms with E-state index < -0.39 is 32.8 Å². The lowest BCUT2D eigenvalue weighted by Gasteiger charge is -2.19. The number of hydrogen-bond donors (Lipinski definition) is 1. The van der Waals surface area contributed by atoms with Gasteiger partial charge in [-0.3, -0.25) is 9.59 Å². The molecule has 1 aliphatic heterocycles. The van der Waals surface area contributed by atoms with Gasteiger partial charge in [0.25, 0.3) is 0 Å². The van der Waals surface area contributed by atoms with Crippen molar-refractivity contribution in [3.8, 4) is 0 Å². The standard InChI is InChI=1S/C15H18FNO5S/c1-10(23(21,22)13-4-2-12(16)3-5-13)8-14(18)17-7-6-11(9-17)15(19)20/h2-5,10-11H,6-9H2,1H3,(H,19,20)/t10-,11-/m1/s1. The van der Waals surface area contributed by atoms with Gasteiger partial charge in [-0.15, -0.1) is 0 Å². The summed E-state index contributed by atoms with van der Waals surface area (Å²) in [5, 5.41) is 7.96. The van der Waals surface area contributed by atoms with Gasteiger partial charge in [-0.05, 0) is 37.6 Å². The molecule has 1 N–H and O–H groups in total. The molecular formula is C15H18FNO5S. The predicted octanol–water partition coefficient (Wildman–Crippen LogP) is 1.31. The van der Waals surface area contributed by atoms with Crippen molar-refractivity contribution in [2.24, 2.45) is 5.92 Å². The molecule has 0 aromatic heterocycles. The van der Waals surface area contributed by atoms with Crippen LogP contribution in [-0.4, -0.2) is 48.6 Å². The number of amides is 1. The molecule has 0 spiro atoms. The lowest BCUT2D eigenvalue weighted by molar-refractivity contribution is -0.141. The van der Waals surface area contributed by atoms with Crippen LogP contribution < -0.4 is 0 Å². The Hall–Kier alpha value is -1.96. The van der Waals surface area contributed by atoms with Gasteiger partial charge in [0.1, 0.15) is 5.82 Å². The molecule has 0 radical (unpaired) electrons. The number of carboxylic acids is 1. The topological polar surface area (TPSA) is 91.8 Å². The smallest absolute Gasteiger partial charge is 0.308 e. The van der Waals surface area contributed by atoms with E-state index >= 15 is 0 Å². The van der Waals surface area contributed by atoms with E-state index in [1.807, 2.05) is 0 Å². The first kappa shape index (κ1) is 17.4. The van der Waals surface area contributed by atoms with Gasteiger partial charge >= 0.3 is 5.97 Å². The van der Waals surface area contributed by atoms with Gasteiger partial charge in [0.2, 0.25) is 5.91 Å². The first-order valence-corrected chi connectivity index (χ1v) is 8.76. The number of likely N-dealkylation sites (tertiary alicyclic amines) is 1. The fourth-order valence-electron chi connectivity index (χ4n) is 2.53. The van der Waals surface area contributed by atoms with E-state index in [0.29, 0.717) is 13.0 Å². The van der Waals surface area contributed by atoms with Gasteiger partial charge in [0.05, 0.1) is 16.1 Å². The van der Waals surface area contributed by atoms with Crippen LogP contribution >= 0.6 is 0 Å².